The van der Waals surface area contributed by atoms with Gasteiger partial charge in [-0.05, 0) is 55.1 Å². The fraction of sp³-hybridized carbons (Fsp3) is 0.683. The van der Waals surface area contributed by atoms with Gasteiger partial charge in [-0.25, -0.2) is 4.89 Å². The Hall–Kier alpha value is -2.23. The standard InChI is InChI=1S/C41H65NO6Si/c1-37(2,3)49(8,9)46-35-25-21-24-34(30-35)40-41(48-47-40,39(6,7)32-45-40)38(4,5)31-44-29-20-15-13-11-10-12-14-19-26-36(43)42-28-27-33-22-17-16-18-23-33/h16-18,21-25,30H,10-15,19-20,26-29,31-32H2,1-9H3,(H,42,43). The van der Waals surface area contributed by atoms with Crippen LogP contribution >= 0.6 is 0 Å². The minimum Gasteiger partial charge on any atom is -0.543 e. The summed E-state index contributed by atoms with van der Waals surface area (Å²) >= 11 is 0. The molecule has 0 aromatic heterocycles. The highest BCUT2D eigenvalue weighted by Gasteiger charge is 2.82. The van der Waals surface area contributed by atoms with E-state index in [0.717, 1.165) is 50.0 Å². The number of fused-ring (bicyclic) bond motifs is 1. The lowest BCUT2D eigenvalue weighted by Crippen LogP contribution is -2.74. The maximum atomic E-state index is 12.1. The molecule has 2 fully saturated rings. The lowest BCUT2D eigenvalue weighted by molar-refractivity contribution is -0.628. The first-order chi connectivity index (χ1) is 23.1. The number of benzene rings is 2. The van der Waals surface area contributed by atoms with E-state index in [2.05, 4.69) is 91.1 Å². The lowest BCUT2D eigenvalue weighted by Gasteiger charge is -2.61. The molecule has 4 rings (SSSR count). The first kappa shape index (κ1) is 39.6. The Balaban J connectivity index is 1.15. The molecule has 0 radical (unpaired) electrons. The summed E-state index contributed by atoms with van der Waals surface area (Å²) in [5.41, 5.74) is 0.763. The molecule has 2 heterocycles. The van der Waals surface area contributed by atoms with Gasteiger partial charge >= 0.3 is 0 Å². The zero-order chi connectivity index (χ0) is 35.8. The Bertz CT molecular complexity index is 1340. The molecular weight excluding hydrogens is 631 g/mol. The normalized spacial score (nSPS) is 22.0. The van der Waals surface area contributed by atoms with Crippen molar-refractivity contribution >= 4 is 14.2 Å². The van der Waals surface area contributed by atoms with E-state index in [9.17, 15) is 4.79 Å². The third-order valence-electron chi connectivity index (χ3n) is 11.2. The predicted octanol–water partition coefficient (Wildman–Crippen LogP) is 9.89. The second-order valence-electron chi connectivity index (χ2n) is 17.1. The highest BCUT2D eigenvalue weighted by molar-refractivity contribution is 6.74. The van der Waals surface area contributed by atoms with Crippen LogP contribution in [-0.4, -0.2) is 46.2 Å². The Labute approximate surface area is 298 Å². The monoisotopic (exact) mass is 695 g/mol. The number of hydrogen-bond donors (Lipinski definition) is 1. The number of rotatable bonds is 20. The summed E-state index contributed by atoms with van der Waals surface area (Å²) in [4.78, 5) is 24.3. The molecule has 0 saturated carbocycles. The van der Waals surface area contributed by atoms with E-state index in [1.807, 2.05) is 30.3 Å². The molecule has 2 atom stereocenters. The van der Waals surface area contributed by atoms with E-state index in [0.29, 0.717) is 26.2 Å². The smallest absolute Gasteiger partial charge is 0.261 e. The number of unbranched alkanes of at least 4 members (excludes halogenated alkanes) is 7. The predicted molar refractivity (Wildman–Crippen MR) is 200 cm³/mol. The van der Waals surface area contributed by atoms with E-state index in [-0.39, 0.29) is 21.8 Å². The summed E-state index contributed by atoms with van der Waals surface area (Å²) in [6, 6.07) is 18.5. The Kier molecular flexibility index (Phi) is 13.2. The number of ether oxygens (including phenoxy) is 2. The van der Waals surface area contributed by atoms with Gasteiger partial charge in [0.15, 0.2) is 5.60 Å². The van der Waals surface area contributed by atoms with Gasteiger partial charge in [-0.3, -0.25) is 4.79 Å². The van der Waals surface area contributed by atoms with E-state index in [1.165, 1.54) is 31.2 Å². The minimum absolute atomic E-state index is 0.0932. The third-order valence-corrected chi connectivity index (χ3v) is 15.5. The molecule has 2 aromatic carbocycles. The number of carbonyl (C=O) groups excluding carboxylic acids is 1. The van der Waals surface area contributed by atoms with Gasteiger partial charge in [0.2, 0.25) is 14.2 Å². The number of carbonyl (C=O) groups is 1. The fourth-order valence-corrected chi connectivity index (χ4v) is 8.37. The Morgan fingerprint density at radius 1 is 0.857 bits per heavy atom. The molecule has 1 N–H and O–H groups in total. The minimum atomic E-state index is -2.02. The second kappa shape index (κ2) is 16.4. The molecule has 2 aromatic rings. The van der Waals surface area contributed by atoms with Crippen molar-refractivity contribution in [1.82, 2.24) is 5.32 Å². The topological polar surface area (TPSA) is 75.3 Å². The van der Waals surface area contributed by atoms with Gasteiger partial charge in [-0.1, -0.05) is 129 Å². The van der Waals surface area contributed by atoms with Crippen LogP contribution in [0.25, 0.3) is 0 Å². The lowest BCUT2D eigenvalue weighted by atomic mass is 9.57. The quantitative estimate of drug-likeness (QED) is 0.0845. The number of amides is 1. The van der Waals surface area contributed by atoms with Crippen LogP contribution < -0.4 is 9.74 Å². The van der Waals surface area contributed by atoms with Crippen molar-refractivity contribution in [3.63, 3.8) is 0 Å². The van der Waals surface area contributed by atoms with E-state index >= 15 is 0 Å². The first-order valence-electron chi connectivity index (χ1n) is 18.8. The molecule has 49 heavy (non-hydrogen) atoms. The maximum absolute atomic E-state index is 12.1. The van der Waals surface area contributed by atoms with Crippen LogP contribution in [0.1, 0.15) is 117 Å². The highest BCUT2D eigenvalue weighted by Crippen LogP contribution is 2.69. The van der Waals surface area contributed by atoms with Crippen LogP contribution in [0.4, 0.5) is 0 Å². The summed E-state index contributed by atoms with van der Waals surface area (Å²) in [5, 5.41) is 3.14. The summed E-state index contributed by atoms with van der Waals surface area (Å²) in [6.07, 6.45) is 10.7. The maximum Gasteiger partial charge on any atom is 0.261 e. The molecule has 274 valence electrons. The largest absolute Gasteiger partial charge is 0.543 e. The van der Waals surface area contributed by atoms with E-state index < -0.39 is 19.7 Å². The van der Waals surface area contributed by atoms with Gasteiger partial charge in [-0.2, -0.15) is 4.89 Å². The zero-order valence-corrected chi connectivity index (χ0v) is 33.0. The first-order valence-corrected chi connectivity index (χ1v) is 21.7. The molecular formula is C41H65NO6Si. The molecule has 1 amide bonds. The second-order valence-corrected chi connectivity index (χ2v) is 21.9. The molecule has 2 unspecified atom stereocenters. The molecule has 0 spiro atoms. The van der Waals surface area contributed by atoms with Crippen molar-refractivity contribution in [3.05, 3.63) is 65.7 Å². The van der Waals surface area contributed by atoms with Gasteiger partial charge in [0.05, 0.1) is 13.2 Å². The average Bonchev–Trinajstić information content (AvgIpc) is 3.18. The molecule has 2 aliphatic rings. The van der Waals surface area contributed by atoms with Crippen molar-refractivity contribution < 1.29 is 28.5 Å². The van der Waals surface area contributed by atoms with Crippen LogP contribution in [0.2, 0.25) is 18.1 Å². The number of nitrogens with one attached hydrogen (secondary N) is 1. The molecule has 7 nitrogen and oxygen atoms in total. The van der Waals surface area contributed by atoms with Crippen molar-refractivity contribution in [2.75, 3.05) is 26.4 Å². The zero-order valence-electron chi connectivity index (χ0n) is 32.0. The van der Waals surface area contributed by atoms with E-state index in [1.54, 1.807) is 0 Å². The highest BCUT2D eigenvalue weighted by atomic mass is 28.4. The van der Waals surface area contributed by atoms with Crippen LogP contribution in [0.15, 0.2) is 54.6 Å². The van der Waals surface area contributed by atoms with Crippen molar-refractivity contribution in [3.8, 4) is 5.75 Å². The van der Waals surface area contributed by atoms with Gasteiger partial charge in [0.25, 0.3) is 5.79 Å². The van der Waals surface area contributed by atoms with Gasteiger partial charge in [0, 0.05) is 36.0 Å². The molecule has 0 aliphatic carbocycles. The molecule has 0 bridgehead atoms. The summed E-state index contributed by atoms with van der Waals surface area (Å²) in [7, 11) is -2.02. The van der Waals surface area contributed by atoms with Crippen LogP contribution in [0, 0.1) is 10.8 Å². The van der Waals surface area contributed by atoms with Gasteiger partial charge < -0.3 is 19.2 Å². The summed E-state index contributed by atoms with van der Waals surface area (Å²) in [5.74, 6) is -0.00371. The molecule has 2 aliphatic heterocycles. The van der Waals surface area contributed by atoms with Gasteiger partial charge in [-0.15, -0.1) is 0 Å². The van der Waals surface area contributed by atoms with E-state index in [4.69, 9.17) is 23.7 Å². The summed E-state index contributed by atoms with van der Waals surface area (Å²) in [6.45, 7) is 22.6. The van der Waals surface area contributed by atoms with Gasteiger partial charge in [0.1, 0.15) is 5.75 Å². The number of hydrogen-bond acceptors (Lipinski definition) is 6. The Morgan fingerprint density at radius 2 is 1.51 bits per heavy atom. The van der Waals surface area contributed by atoms with Crippen LogP contribution in [0.3, 0.4) is 0 Å². The van der Waals surface area contributed by atoms with Crippen molar-refractivity contribution in [2.45, 2.75) is 142 Å². The Morgan fingerprint density at radius 3 is 2.14 bits per heavy atom. The third kappa shape index (κ3) is 8.99. The summed E-state index contributed by atoms with van der Waals surface area (Å²) < 4.78 is 19.6. The van der Waals surface area contributed by atoms with Crippen LogP contribution in [-0.2, 0) is 36.3 Å². The van der Waals surface area contributed by atoms with Crippen molar-refractivity contribution in [1.29, 1.82) is 0 Å². The SMILES string of the molecule is CC(C)(COCCCCCCCCCCC(=O)NCCc1ccccc1)C12OOC1(c1cccc(O[Si](C)(C)C(C)(C)C)c1)OCC2(C)C. The molecule has 8 heteroatoms. The van der Waals surface area contributed by atoms with Crippen molar-refractivity contribution in [2.24, 2.45) is 10.8 Å². The van der Waals surface area contributed by atoms with Crippen LogP contribution in [0.5, 0.6) is 5.75 Å². The molecule has 2 saturated heterocycles. The average molecular weight is 696 g/mol. The fourth-order valence-electron chi connectivity index (χ4n) is 7.35.